The van der Waals surface area contributed by atoms with E-state index in [0.29, 0.717) is 0 Å². The predicted molar refractivity (Wildman–Crippen MR) is 52.5 cm³/mol. The SMILES string of the molecule is O=C(NC1(C(F)(F)F)CC1)c1cnc(Cl)cn1. The Morgan fingerprint density at radius 1 is 1.35 bits per heavy atom. The van der Waals surface area contributed by atoms with Crippen molar-refractivity contribution in [1.82, 2.24) is 15.3 Å². The topological polar surface area (TPSA) is 54.9 Å². The van der Waals surface area contributed by atoms with E-state index in [1.807, 2.05) is 5.32 Å². The van der Waals surface area contributed by atoms with E-state index < -0.39 is 17.6 Å². The predicted octanol–water partition coefficient (Wildman–Crippen LogP) is 1.95. The number of alkyl halides is 3. The molecule has 0 aliphatic heterocycles. The monoisotopic (exact) mass is 265 g/mol. The second-order valence-electron chi connectivity index (χ2n) is 3.76. The molecule has 0 saturated heterocycles. The molecule has 1 saturated carbocycles. The van der Waals surface area contributed by atoms with Crippen molar-refractivity contribution in [3.63, 3.8) is 0 Å². The van der Waals surface area contributed by atoms with Gasteiger partial charge in [-0.1, -0.05) is 11.6 Å². The van der Waals surface area contributed by atoms with Gasteiger partial charge in [0, 0.05) is 0 Å². The molecule has 0 unspecified atom stereocenters. The molecule has 8 heteroatoms. The van der Waals surface area contributed by atoms with Crippen LogP contribution < -0.4 is 5.32 Å². The van der Waals surface area contributed by atoms with Crippen LogP contribution in [0.1, 0.15) is 23.3 Å². The number of halogens is 4. The molecule has 4 nitrogen and oxygen atoms in total. The van der Waals surface area contributed by atoms with E-state index in [4.69, 9.17) is 11.6 Å². The molecular formula is C9H7ClF3N3O. The van der Waals surface area contributed by atoms with Gasteiger partial charge in [0.2, 0.25) is 0 Å². The molecule has 1 N–H and O–H groups in total. The third-order valence-electron chi connectivity index (χ3n) is 2.50. The van der Waals surface area contributed by atoms with Crippen molar-refractivity contribution in [1.29, 1.82) is 0 Å². The Labute approximate surface area is 99.2 Å². The van der Waals surface area contributed by atoms with Gasteiger partial charge in [-0.2, -0.15) is 13.2 Å². The molecule has 0 bridgehead atoms. The first-order chi connectivity index (χ1) is 7.84. The molecule has 1 heterocycles. The van der Waals surface area contributed by atoms with Gasteiger partial charge in [0.15, 0.2) is 0 Å². The van der Waals surface area contributed by atoms with Crippen LogP contribution in [0.3, 0.4) is 0 Å². The van der Waals surface area contributed by atoms with E-state index >= 15 is 0 Å². The second-order valence-corrected chi connectivity index (χ2v) is 4.15. The quantitative estimate of drug-likeness (QED) is 0.889. The lowest BCUT2D eigenvalue weighted by Gasteiger charge is -2.20. The molecule has 1 fully saturated rings. The van der Waals surface area contributed by atoms with E-state index in [0.717, 1.165) is 12.4 Å². The van der Waals surface area contributed by atoms with Gasteiger partial charge in [-0.05, 0) is 12.8 Å². The van der Waals surface area contributed by atoms with Gasteiger partial charge in [-0.25, -0.2) is 9.97 Å². The zero-order valence-corrected chi connectivity index (χ0v) is 9.14. The van der Waals surface area contributed by atoms with E-state index in [1.165, 1.54) is 0 Å². The van der Waals surface area contributed by atoms with E-state index in [-0.39, 0.29) is 23.7 Å². The second kappa shape index (κ2) is 3.83. The smallest absolute Gasteiger partial charge is 0.336 e. The fourth-order valence-electron chi connectivity index (χ4n) is 1.32. The maximum atomic E-state index is 12.6. The summed E-state index contributed by atoms with van der Waals surface area (Å²) >= 11 is 5.45. The number of amides is 1. The molecule has 1 aromatic heterocycles. The van der Waals surface area contributed by atoms with E-state index in [9.17, 15) is 18.0 Å². The molecule has 1 aliphatic rings. The number of carbonyl (C=O) groups excluding carboxylic acids is 1. The Morgan fingerprint density at radius 3 is 2.41 bits per heavy atom. The zero-order chi connectivity index (χ0) is 12.7. The van der Waals surface area contributed by atoms with Crippen molar-refractivity contribution in [2.24, 2.45) is 0 Å². The third kappa shape index (κ3) is 2.33. The first kappa shape index (κ1) is 12.1. The van der Waals surface area contributed by atoms with Crippen LogP contribution in [0.2, 0.25) is 5.15 Å². The lowest BCUT2D eigenvalue weighted by molar-refractivity contribution is -0.163. The summed E-state index contributed by atoms with van der Waals surface area (Å²) in [6.45, 7) is 0. The molecule has 2 rings (SSSR count). The number of nitrogens with one attached hydrogen (secondary N) is 1. The van der Waals surface area contributed by atoms with Gasteiger partial charge in [-0.3, -0.25) is 4.79 Å². The molecule has 0 spiro atoms. The Kier molecular flexibility index (Phi) is 2.73. The van der Waals surface area contributed by atoms with Crippen LogP contribution >= 0.6 is 11.6 Å². The summed E-state index contributed by atoms with van der Waals surface area (Å²) in [7, 11) is 0. The van der Waals surface area contributed by atoms with Crippen molar-refractivity contribution >= 4 is 17.5 Å². The van der Waals surface area contributed by atoms with Crippen LogP contribution in [0.5, 0.6) is 0 Å². The largest absolute Gasteiger partial charge is 0.411 e. The number of hydrogen-bond acceptors (Lipinski definition) is 3. The summed E-state index contributed by atoms with van der Waals surface area (Å²) in [5.41, 5.74) is -2.28. The Bertz CT molecular complexity index is 442. The maximum Gasteiger partial charge on any atom is 0.411 e. The highest BCUT2D eigenvalue weighted by Crippen LogP contribution is 2.48. The molecular weight excluding hydrogens is 259 g/mol. The lowest BCUT2D eigenvalue weighted by Crippen LogP contribution is -2.48. The van der Waals surface area contributed by atoms with Crippen LogP contribution in [0, 0.1) is 0 Å². The minimum Gasteiger partial charge on any atom is -0.336 e. The maximum absolute atomic E-state index is 12.6. The average molecular weight is 266 g/mol. The number of nitrogens with zero attached hydrogens (tertiary/aromatic N) is 2. The highest BCUT2D eigenvalue weighted by Gasteiger charge is 2.64. The van der Waals surface area contributed by atoms with Crippen molar-refractivity contribution in [2.75, 3.05) is 0 Å². The normalized spacial score (nSPS) is 17.6. The van der Waals surface area contributed by atoms with Crippen molar-refractivity contribution in [3.05, 3.63) is 23.2 Å². The van der Waals surface area contributed by atoms with Crippen LogP contribution in [0.15, 0.2) is 12.4 Å². The van der Waals surface area contributed by atoms with Gasteiger partial charge in [0.1, 0.15) is 16.4 Å². The van der Waals surface area contributed by atoms with Gasteiger partial charge in [0.25, 0.3) is 5.91 Å². The average Bonchev–Trinajstić information content (AvgIpc) is 2.98. The van der Waals surface area contributed by atoms with Crippen molar-refractivity contribution < 1.29 is 18.0 Å². The molecule has 1 amide bonds. The van der Waals surface area contributed by atoms with Gasteiger partial charge in [-0.15, -0.1) is 0 Å². The molecule has 1 aliphatic carbocycles. The summed E-state index contributed by atoms with van der Waals surface area (Å²) in [6, 6.07) is 0. The lowest BCUT2D eigenvalue weighted by atomic mass is 10.2. The highest BCUT2D eigenvalue weighted by molar-refractivity contribution is 6.29. The number of hydrogen-bond donors (Lipinski definition) is 1. The van der Waals surface area contributed by atoms with Crippen molar-refractivity contribution in [2.45, 2.75) is 24.6 Å². The molecule has 92 valence electrons. The first-order valence-electron chi connectivity index (χ1n) is 4.71. The van der Waals surface area contributed by atoms with Crippen LogP contribution in [0.25, 0.3) is 0 Å². The number of carbonyl (C=O) groups is 1. The Balaban J connectivity index is 2.10. The van der Waals surface area contributed by atoms with Gasteiger partial charge in [0.05, 0.1) is 12.4 Å². The zero-order valence-electron chi connectivity index (χ0n) is 8.38. The van der Waals surface area contributed by atoms with Crippen LogP contribution in [0.4, 0.5) is 13.2 Å². The van der Waals surface area contributed by atoms with Crippen molar-refractivity contribution in [3.8, 4) is 0 Å². The first-order valence-corrected chi connectivity index (χ1v) is 5.09. The minimum absolute atomic E-state index is 0.0681. The highest BCUT2D eigenvalue weighted by atomic mass is 35.5. The molecule has 0 atom stereocenters. The van der Waals surface area contributed by atoms with Gasteiger partial charge < -0.3 is 5.32 Å². The van der Waals surface area contributed by atoms with Gasteiger partial charge >= 0.3 is 6.18 Å². The van der Waals surface area contributed by atoms with Crippen LogP contribution in [-0.4, -0.2) is 27.6 Å². The number of aromatic nitrogens is 2. The minimum atomic E-state index is -4.44. The summed E-state index contributed by atoms with van der Waals surface area (Å²) in [5, 5.41) is 2.00. The summed E-state index contributed by atoms with van der Waals surface area (Å²) < 4.78 is 37.7. The fourth-order valence-corrected chi connectivity index (χ4v) is 1.41. The molecule has 0 radical (unpaired) electrons. The summed E-state index contributed by atoms with van der Waals surface area (Å²) in [4.78, 5) is 18.7. The fraction of sp³-hybridized carbons (Fsp3) is 0.444. The Morgan fingerprint density at radius 2 is 2.00 bits per heavy atom. The standard InChI is InChI=1S/C9H7ClF3N3O/c10-6-4-14-5(3-15-6)7(17)16-8(1-2-8)9(11,12)13/h3-4H,1-2H2,(H,16,17). The van der Waals surface area contributed by atoms with Crippen LogP contribution in [-0.2, 0) is 0 Å². The molecule has 0 aromatic carbocycles. The van der Waals surface area contributed by atoms with E-state index in [2.05, 4.69) is 9.97 Å². The molecule has 17 heavy (non-hydrogen) atoms. The van der Waals surface area contributed by atoms with E-state index in [1.54, 1.807) is 0 Å². The third-order valence-corrected chi connectivity index (χ3v) is 2.69. The summed E-state index contributed by atoms with van der Waals surface area (Å²) in [5.74, 6) is -0.899. The summed E-state index contributed by atoms with van der Waals surface area (Å²) in [6.07, 6.45) is -2.53. The Hall–Kier alpha value is -1.37. The molecule has 1 aromatic rings. The number of rotatable bonds is 2.